The first-order valence-corrected chi connectivity index (χ1v) is 7.00. The van der Waals surface area contributed by atoms with E-state index in [4.69, 9.17) is 9.47 Å². The fourth-order valence-electron chi connectivity index (χ4n) is 1.43. The predicted octanol–water partition coefficient (Wildman–Crippen LogP) is 0.341. The third-order valence-corrected chi connectivity index (χ3v) is 3.87. The molecule has 1 aromatic carbocycles. The van der Waals surface area contributed by atoms with Crippen LogP contribution in [0, 0.1) is 5.82 Å². The molecule has 0 atom stereocenters. The molecule has 6 nitrogen and oxygen atoms in total. The summed E-state index contributed by atoms with van der Waals surface area (Å²) < 4.78 is 49.8. The summed E-state index contributed by atoms with van der Waals surface area (Å²) in [5.41, 5.74) is 0. The largest absolute Gasteiger partial charge is 0.493 e. The van der Waals surface area contributed by atoms with Crippen molar-refractivity contribution in [2.24, 2.45) is 0 Å². The van der Waals surface area contributed by atoms with Gasteiger partial charge in [0.1, 0.15) is 10.7 Å². The summed E-state index contributed by atoms with van der Waals surface area (Å²) in [6.45, 7) is 0.598. The van der Waals surface area contributed by atoms with E-state index in [9.17, 15) is 12.8 Å². The Balaban J connectivity index is 3.12. The lowest BCUT2D eigenvalue weighted by molar-refractivity contribution is 0.350. The quantitative estimate of drug-likeness (QED) is 0.709. The van der Waals surface area contributed by atoms with E-state index >= 15 is 0 Å². The maximum absolute atomic E-state index is 13.8. The summed E-state index contributed by atoms with van der Waals surface area (Å²) in [6.07, 6.45) is 0. The van der Waals surface area contributed by atoms with Crippen LogP contribution in [0.1, 0.15) is 0 Å². The number of rotatable bonds is 7. The summed E-state index contributed by atoms with van der Waals surface area (Å²) >= 11 is 0. The molecule has 1 aromatic rings. The molecule has 0 heterocycles. The number of nitrogens with one attached hydrogen (secondary N) is 2. The smallest absolute Gasteiger partial charge is 0.243 e. The van der Waals surface area contributed by atoms with Gasteiger partial charge in [-0.05, 0) is 7.05 Å². The Hall–Kier alpha value is -1.38. The third-order valence-electron chi connectivity index (χ3n) is 2.39. The summed E-state index contributed by atoms with van der Waals surface area (Å²) in [6, 6.07) is 2.07. The van der Waals surface area contributed by atoms with Crippen molar-refractivity contribution in [2.75, 3.05) is 34.4 Å². The molecule has 0 aliphatic rings. The van der Waals surface area contributed by atoms with Gasteiger partial charge in [-0.3, -0.25) is 0 Å². The summed E-state index contributed by atoms with van der Waals surface area (Å²) in [5, 5.41) is 2.78. The van der Waals surface area contributed by atoms with Crippen molar-refractivity contribution >= 4 is 10.0 Å². The van der Waals surface area contributed by atoms with Gasteiger partial charge in [0.2, 0.25) is 10.0 Å². The van der Waals surface area contributed by atoms with Crippen molar-refractivity contribution in [3.05, 3.63) is 17.9 Å². The average Bonchev–Trinajstić information content (AvgIpc) is 2.38. The fraction of sp³-hybridized carbons (Fsp3) is 0.455. The van der Waals surface area contributed by atoms with Crippen molar-refractivity contribution in [1.82, 2.24) is 10.0 Å². The van der Waals surface area contributed by atoms with E-state index in [-0.39, 0.29) is 18.0 Å². The van der Waals surface area contributed by atoms with Crippen molar-refractivity contribution in [3.8, 4) is 11.5 Å². The molecule has 0 bridgehead atoms. The third kappa shape index (κ3) is 3.79. The van der Waals surface area contributed by atoms with Crippen LogP contribution >= 0.6 is 0 Å². The Morgan fingerprint density at radius 3 is 2.26 bits per heavy atom. The molecule has 2 N–H and O–H groups in total. The van der Waals surface area contributed by atoms with Gasteiger partial charge in [0.15, 0.2) is 11.5 Å². The Kier molecular flexibility index (Phi) is 5.52. The molecule has 0 radical (unpaired) electrons. The lowest BCUT2D eigenvalue weighted by Crippen LogP contribution is -2.31. The van der Waals surface area contributed by atoms with E-state index in [0.717, 1.165) is 12.1 Å². The topological polar surface area (TPSA) is 76.7 Å². The highest BCUT2D eigenvalue weighted by molar-refractivity contribution is 7.89. The molecule has 0 aromatic heterocycles. The van der Waals surface area contributed by atoms with Gasteiger partial charge in [-0.1, -0.05) is 0 Å². The van der Waals surface area contributed by atoms with Gasteiger partial charge in [0.05, 0.1) is 14.2 Å². The number of ether oxygens (including phenoxy) is 2. The molecule has 0 aliphatic carbocycles. The zero-order valence-corrected chi connectivity index (χ0v) is 11.8. The number of hydrogen-bond acceptors (Lipinski definition) is 5. The number of benzene rings is 1. The normalized spacial score (nSPS) is 11.4. The monoisotopic (exact) mass is 292 g/mol. The first kappa shape index (κ1) is 15.7. The second-order valence-electron chi connectivity index (χ2n) is 3.64. The van der Waals surface area contributed by atoms with Crippen molar-refractivity contribution in [3.63, 3.8) is 0 Å². The highest BCUT2D eigenvalue weighted by Gasteiger charge is 2.22. The number of sulfonamides is 1. The van der Waals surface area contributed by atoms with Crippen LogP contribution in [-0.4, -0.2) is 42.8 Å². The van der Waals surface area contributed by atoms with Gasteiger partial charge in [0, 0.05) is 25.2 Å². The van der Waals surface area contributed by atoms with Crippen molar-refractivity contribution < 1.29 is 22.3 Å². The number of methoxy groups -OCH3 is 2. The van der Waals surface area contributed by atoms with E-state index in [1.807, 2.05) is 0 Å². The van der Waals surface area contributed by atoms with E-state index in [1.54, 1.807) is 7.05 Å². The lowest BCUT2D eigenvalue weighted by Gasteiger charge is -2.12. The van der Waals surface area contributed by atoms with Crippen LogP contribution in [0.5, 0.6) is 11.5 Å². The van der Waals surface area contributed by atoms with Crippen molar-refractivity contribution in [1.29, 1.82) is 0 Å². The van der Waals surface area contributed by atoms with Crippen LogP contribution in [0.2, 0.25) is 0 Å². The van der Waals surface area contributed by atoms with Crippen LogP contribution in [0.25, 0.3) is 0 Å². The maximum Gasteiger partial charge on any atom is 0.243 e. The average molecular weight is 292 g/mol. The minimum Gasteiger partial charge on any atom is -0.493 e. The second kappa shape index (κ2) is 6.69. The Morgan fingerprint density at radius 2 is 1.74 bits per heavy atom. The van der Waals surface area contributed by atoms with Gasteiger partial charge >= 0.3 is 0 Å². The van der Waals surface area contributed by atoms with Crippen LogP contribution in [0.15, 0.2) is 17.0 Å². The zero-order chi connectivity index (χ0) is 14.5. The van der Waals surface area contributed by atoms with Gasteiger partial charge in [0.25, 0.3) is 0 Å². The van der Waals surface area contributed by atoms with Gasteiger partial charge in [-0.15, -0.1) is 0 Å². The molecule has 0 saturated heterocycles. The zero-order valence-electron chi connectivity index (χ0n) is 11.0. The highest BCUT2D eigenvalue weighted by Crippen LogP contribution is 2.31. The van der Waals surface area contributed by atoms with Crippen molar-refractivity contribution in [2.45, 2.75) is 4.90 Å². The molecular weight excluding hydrogens is 275 g/mol. The lowest BCUT2D eigenvalue weighted by atomic mass is 10.3. The van der Waals surface area contributed by atoms with Gasteiger partial charge < -0.3 is 14.8 Å². The molecule has 0 saturated carbocycles. The molecule has 0 amide bonds. The first-order chi connectivity index (χ1) is 8.96. The summed E-state index contributed by atoms with van der Waals surface area (Å²) in [7, 11) is 0.456. The summed E-state index contributed by atoms with van der Waals surface area (Å²) in [4.78, 5) is -0.471. The molecule has 0 fully saturated rings. The van der Waals surface area contributed by atoms with Crippen LogP contribution < -0.4 is 19.5 Å². The number of likely N-dealkylation sites (N-methyl/N-ethyl adjacent to an activating group) is 1. The molecule has 108 valence electrons. The van der Waals surface area contributed by atoms with Crippen LogP contribution in [0.3, 0.4) is 0 Å². The first-order valence-electron chi connectivity index (χ1n) is 5.52. The minimum atomic E-state index is -3.92. The minimum absolute atomic E-state index is 0.133. The van der Waals surface area contributed by atoms with Gasteiger partial charge in [-0.2, -0.15) is 0 Å². The van der Waals surface area contributed by atoms with Gasteiger partial charge in [-0.25, -0.2) is 17.5 Å². The molecule has 19 heavy (non-hydrogen) atoms. The molecule has 0 unspecified atom stereocenters. The SMILES string of the molecule is CNCCNS(=O)(=O)c1cc(OC)c(OC)cc1F. The molecule has 0 spiro atoms. The molecule has 0 aliphatic heterocycles. The van der Waals surface area contributed by atoms with E-state index in [0.29, 0.717) is 6.54 Å². The molecule has 1 rings (SSSR count). The highest BCUT2D eigenvalue weighted by atomic mass is 32.2. The predicted molar refractivity (Wildman–Crippen MR) is 68.6 cm³/mol. The second-order valence-corrected chi connectivity index (χ2v) is 5.37. The van der Waals surface area contributed by atoms with E-state index in [1.165, 1.54) is 14.2 Å². The van der Waals surface area contributed by atoms with E-state index < -0.39 is 20.7 Å². The Labute approximate surface area is 112 Å². The fourth-order valence-corrected chi connectivity index (χ4v) is 2.53. The van der Waals surface area contributed by atoms with E-state index in [2.05, 4.69) is 10.0 Å². The van der Waals surface area contributed by atoms with Crippen LogP contribution in [0.4, 0.5) is 4.39 Å². The van der Waals surface area contributed by atoms with Crippen LogP contribution in [-0.2, 0) is 10.0 Å². The number of halogens is 1. The molecule has 8 heteroatoms. The standard InChI is InChI=1S/C11H17FN2O4S/c1-13-4-5-14-19(15,16)11-7-10(18-3)9(17-2)6-8(11)12/h6-7,13-14H,4-5H2,1-3H3. The maximum atomic E-state index is 13.8. The Morgan fingerprint density at radius 1 is 1.16 bits per heavy atom. The molecular formula is C11H17FN2O4S. The summed E-state index contributed by atoms with van der Waals surface area (Å²) in [5.74, 6) is -0.610. The number of hydrogen-bond donors (Lipinski definition) is 2. The Bertz CT molecular complexity index is 534.